The van der Waals surface area contributed by atoms with E-state index < -0.39 is 0 Å². The number of piperidine rings is 1. The smallest absolute Gasteiger partial charge is 0.287 e. The van der Waals surface area contributed by atoms with Crippen LogP contribution in [0, 0.1) is 12.8 Å². The van der Waals surface area contributed by atoms with Crippen LogP contribution >= 0.6 is 0 Å². The number of furan rings is 1. The minimum absolute atomic E-state index is 0.0941. The van der Waals surface area contributed by atoms with Crippen molar-refractivity contribution in [2.75, 3.05) is 19.6 Å². The summed E-state index contributed by atoms with van der Waals surface area (Å²) in [6.45, 7) is 6.83. The van der Waals surface area contributed by atoms with Crippen LogP contribution in [-0.2, 0) is 6.42 Å². The Morgan fingerprint density at radius 3 is 3.06 bits per heavy atom. The lowest BCUT2D eigenvalue weighted by molar-refractivity contribution is 0.0915. The molecule has 100 valence electrons. The summed E-state index contributed by atoms with van der Waals surface area (Å²) in [6, 6.07) is 1.83. The highest BCUT2D eigenvalue weighted by atomic mass is 16.4. The van der Waals surface area contributed by atoms with Gasteiger partial charge in [-0.2, -0.15) is 0 Å². The molecule has 4 nitrogen and oxygen atoms in total. The summed E-state index contributed by atoms with van der Waals surface area (Å²) in [6.07, 6.45) is 3.21. The van der Waals surface area contributed by atoms with Crippen LogP contribution in [0.4, 0.5) is 0 Å². The average molecular weight is 250 g/mol. The fourth-order valence-electron chi connectivity index (χ4n) is 2.41. The number of hydrogen-bond donors (Lipinski definition) is 2. The summed E-state index contributed by atoms with van der Waals surface area (Å²) in [5.41, 5.74) is 1.06. The van der Waals surface area contributed by atoms with Crippen LogP contribution in [0.25, 0.3) is 0 Å². The number of carbonyl (C=O) groups excluding carboxylic acids is 1. The molecule has 0 spiro atoms. The Kier molecular flexibility index (Phi) is 4.42. The maximum absolute atomic E-state index is 11.9. The first-order valence-electron chi connectivity index (χ1n) is 6.79. The first-order chi connectivity index (χ1) is 8.70. The highest BCUT2D eigenvalue weighted by Gasteiger charge is 2.17. The molecule has 0 radical (unpaired) electrons. The Morgan fingerprint density at radius 2 is 2.44 bits per heavy atom. The molecule has 1 aromatic rings. The summed E-state index contributed by atoms with van der Waals surface area (Å²) in [4.78, 5) is 11.9. The zero-order chi connectivity index (χ0) is 13.0. The zero-order valence-corrected chi connectivity index (χ0v) is 11.2. The van der Waals surface area contributed by atoms with Crippen molar-refractivity contribution in [1.82, 2.24) is 10.6 Å². The Labute approximate surface area is 108 Å². The predicted octanol–water partition coefficient (Wildman–Crippen LogP) is 1.88. The van der Waals surface area contributed by atoms with Gasteiger partial charge in [0.05, 0.1) is 0 Å². The fraction of sp³-hybridized carbons (Fsp3) is 0.643. The summed E-state index contributed by atoms with van der Waals surface area (Å²) in [7, 11) is 0. The van der Waals surface area contributed by atoms with E-state index in [0.29, 0.717) is 11.7 Å². The standard InChI is InChI=1S/C14H22N2O2/c1-3-12-10(2)7-13(18-12)14(17)16-9-11-5-4-6-15-8-11/h7,11,15H,3-6,8-9H2,1-2H3,(H,16,17). The summed E-state index contributed by atoms with van der Waals surface area (Å²) < 4.78 is 5.54. The van der Waals surface area contributed by atoms with Crippen LogP contribution in [0.15, 0.2) is 10.5 Å². The lowest BCUT2D eigenvalue weighted by Crippen LogP contribution is -2.38. The van der Waals surface area contributed by atoms with Crippen LogP contribution in [0.5, 0.6) is 0 Å². The first-order valence-corrected chi connectivity index (χ1v) is 6.79. The van der Waals surface area contributed by atoms with E-state index in [-0.39, 0.29) is 5.91 Å². The van der Waals surface area contributed by atoms with Gasteiger partial charge in [-0.15, -0.1) is 0 Å². The van der Waals surface area contributed by atoms with E-state index in [1.807, 2.05) is 19.9 Å². The minimum Gasteiger partial charge on any atom is -0.456 e. The molecule has 0 saturated carbocycles. The van der Waals surface area contributed by atoms with Crippen LogP contribution in [0.2, 0.25) is 0 Å². The maximum atomic E-state index is 11.9. The van der Waals surface area contributed by atoms with Gasteiger partial charge < -0.3 is 15.1 Å². The van der Waals surface area contributed by atoms with Crippen molar-refractivity contribution in [1.29, 1.82) is 0 Å². The highest BCUT2D eigenvalue weighted by Crippen LogP contribution is 2.15. The average Bonchev–Trinajstić information content (AvgIpc) is 2.78. The molecule has 1 aliphatic heterocycles. The molecule has 18 heavy (non-hydrogen) atoms. The molecule has 1 saturated heterocycles. The number of amides is 1. The molecule has 1 amide bonds. The Hall–Kier alpha value is -1.29. The molecule has 1 aliphatic rings. The Balaban J connectivity index is 1.86. The van der Waals surface area contributed by atoms with Gasteiger partial charge in [0.2, 0.25) is 0 Å². The molecule has 2 heterocycles. The van der Waals surface area contributed by atoms with Crippen LogP contribution in [0.3, 0.4) is 0 Å². The number of hydrogen-bond acceptors (Lipinski definition) is 3. The van der Waals surface area contributed by atoms with Crippen LogP contribution < -0.4 is 10.6 Å². The maximum Gasteiger partial charge on any atom is 0.287 e. The van der Waals surface area contributed by atoms with Gasteiger partial charge in [0.15, 0.2) is 5.76 Å². The van der Waals surface area contributed by atoms with Crippen molar-refractivity contribution in [3.8, 4) is 0 Å². The number of nitrogens with one attached hydrogen (secondary N) is 2. The summed E-state index contributed by atoms with van der Waals surface area (Å²) >= 11 is 0. The minimum atomic E-state index is -0.0941. The quantitative estimate of drug-likeness (QED) is 0.858. The number of aryl methyl sites for hydroxylation is 2. The van der Waals surface area contributed by atoms with Gasteiger partial charge in [-0.3, -0.25) is 4.79 Å². The van der Waals surface area contributed by atoms with Crippen molar-refractivity contribution in [3.63, 3.8) is 0 Å². The predicted molar refractivity (Wildman–Crippen MR) is 70.7 cm³/mol. The molecular formula is C14H22N2O2. The molecular weight excluding hydrogens is 228 g/mol. The molecule has 0 bridgehead atoms. The molecule has 1 unspecified atom stereocenters. The third kappa shape index (κ3) is 3.13. The van der Waals surface area contributed by atoms with Crippen LogP contribution in [-0.4, -0.2) is 25.5 Å². The molecule has 1 aromatic heterocycles. The van der Waals surface area contributed by atoms with Gasteiger partial charge in [-0.05, 0) is 50.4 Å². The Bertz CT molecular complexity index is 406. The van der Waals surface area contributed by atoms with Crippen molar-refractivity contribution >= 4 is 5.91 Å². The van der Waals surface area contributed by atoms with Crippen molar-refractivity contribution in [3.05, 3.63) is 23.2 Å². The summed E-state index contributed by atoms with van der Waals surface area (Å²) in [5, 5.41) is 6.31. The molecule has 0 aliphatic carbocycles. The fourth-order valence-corrected chi connectivity index (χ4v) is 2.41. The number of rotatable bonds is 4. The lowest BCUT2D eigenvalue weighted by Gasteiger charge is -2.22. The van der Waals surface area contributed by atoms with E-state index in [2.05, 4.69) is 10.6 Å². The monoisotopic (exact) mass is 250 g/mol. The third-order valence-corrected chi connectivity index (χ3v) is 3.52. The van der Waals surface area contributed by atoms with E-state index >= 15 is 0 Å². The van der Waals surface area contributed by atoms with Crippen molar-refractivity contribution in [2.24, 2.45) is 5.92 Å². The SMILES string of the molecule is CCc1oc(C(=O)NCC2CCCNC2)cc1C. The van der Waals surface area contributed by atoms with E-state index in [9.17, 15) is 4.79 Å². The lowest BCUT2D eigenvalue weighted by atomic mass is 10.00. The molecule has 2 rings (SSSR count). The molecule has 4 heteroatoms. The van der Waals surface area contributed by atoms with Gasteiger partial charge in [0.25, 0.3) is 5.91 Å². The molecule has 0 aromatic carbocycles. The van der Waals surface area contributed by atoms with Crippen LogP contribution in [0.1, 0.15) is 41.6 Å². The molecule has 2 N–H and O–H groups in total. The van der Waals surface area contributed by atoms with E-state index in [4.69, 9.17) is 4.42 Å². The van der Waals surface area contributed by atoms with Gasteiger partial charge in [-0.1, -0.05) is 6.92 Å². The van der Waals surface area contributed by atoms with Crippen molar-refractivity contribution in [2.45, 2.75) is 33.1 Å². The summed E-state index contributed by atoms with van der Waals surface area (Å²) in [5.74, 6) is 1.79. The third-order valence-electron chi connectivity index (χ3n) is 3.52. The second-order valence-corrected chi connectivity index (χ2v) is 4.99. The topological polar surface area (TPSA) is 54.3 Å². The second-order valence-electron chi connectivity index (χ2n) is 4.99. The van der Waals surface area contributed by atoms with Gasteiger partial charge in [0.1, 0.15) is 5.76 Å². The largest absolute Gasteiger partial charge is 0.456 e. The molecule has 1 atom stereocenters. The van der Waals surface area contributed by atoms with Gasteiger partial charge in [0, 0.05) is 13.0 Å². The zero-order valence-electron chi connectivity index (χ0n) is 11.2. The highest BCUT2D eigenvalue weighted by molar-refractivity contribution is 5.91. The Morgan fingerprint density at radius 1 is 1.61 bits per heavy atom. The van der Waals surface area contributed by atoms with Crippen molar-refractivity contribution < 1.29 is 9.21 Å². The van der Waals surface area contributed by atoms with Gasteiger partial charge >= 0.3 is 0 Å². The van der Waals surface area contributed by atoms with E-state index in [1.165, 1.54) is 12.8 Å². The molecule has 1 fully saturated rings. The second kappa shape index (κ2) is 6.05. The number of carbonyl (C=O) groups is 1. The van der Waals surface area contributed by atoms with E-state index in [1.54, 1.807) is 0 Å². The normalized spacial score (nSPS) is 19.8. The van der Waals surface area contributed by atoms with E-state index in [0.717, 1.165) is 37.4 Å². The van der Waals surface area contributed by atoms with Gasteiger partial charge in [-0.25, -0.2) is 0 Å². The first kappa shape index (κ1) is 13.1.